The molecule has 7 heteroatoms. The first-order valence-electron chi connectivity index (χ1n) is 7.93. The normalized spacial score (nSPS) is 17.6. The molecular formula is C17H21N5O2. The Kier molecular flexibility index (Phi) is 4.61. The lowest BCUT2D eigenvalue weighted by Crippen LogP contribution is -2.49. The lowest BCUT2D eigenvalue weighted by molar-refractivity contribution is -0.114. The van der Waals surface area contributed by atoms with E-state index in [-0.39, 0.29) is 17.9 Å². The number of anilines is 1. The van der Waals surface area contributed by atoms with Crippen LogP contribution in [0.5, 0.6) is 0 Å². The van der Waals surface area contributed by atoms with Crippen LogP contribution in [0.2, 0.25) is 0 Å². The van der Waals surface area contributed by atoms with Crippen LogP contribution in [0.15, 0.2) is 36.7 Å². The fourth-order valence-corrected chi connectivity index (χ4v) is 2.94. The van der Waals surface area contributed by atoms with Crippen LogP contribution in [-0.4, -0.2) is 45.9 Å². The molecule has 1 aromatic heterocycles. The standard InChI is InChI=1S/C17H21N5O2/c1-12(23)20-14-5-3-13(4-6-14)17(24)22-10-7-18-11-15(22)16-19-8-9-21(16)2/h3-6,8-9,15,18H,7,10-11H2,1-2H3,(H,20,23). The predicted molar refractivity (Wildman–Crippen MR) is 90.6 cm³/mol. The highest BCUT2D eigenvalue weighted by atomic mass is 16.2. The molecule has 1 aromatic carbocycles. The Morgan fingerprint density at radius 3 is 2.67 bits per heavy atom. The highest BCUT2D eigenvalue weighted by Crippen LogP contribution is 2.23. The zero-order chi connectivity index (χ0) is 17.1. The first-order valence-corrected chi connectivity index (χ1v) is 7.93. The maximum atomic E-state index is 12.9. The number of piperazine rings is 1. The molecule has 1 aliphatic heterocycles. The molecule has 2 aromatic rings. The molecule has 1 aliphatic rings. The maximum absolute atomic E-state index is 12.9. The molecule has 1 atom stereocenters. The van der Waals surface area contributed by atoms with Gasteiger partial charge in [0.2, 0.25) is 5.91 Å². The number of carbonyl (C=O) groups is 2. The lowest BCUT2D eigenvalue weighted by atomic mass is 10.1. The molecule has 2 N–H and O–H groups in total. The molecule has 1 unspecified atom stereocenters. The number of benzene rings is 1. The summed E-state index contributed by atoms with van der Waals surface area (Å²) in [5, 5.41) is 6.02. The molecule has 0 bridgehead atoms. The largest absolute Gasteiger partial charge is 0.336 e. The van der Waals surface area contributed by atoms with Gasteiger partial charge in [-0.05, 0) is 24.3 Å². The first-order chi connectivity index (χ1) is 11.6. The quantitative estimate of drug-likeness (QED) is 0.887. The summed E-state index contributed by atoms with van der Waals surface area (Å²) < 4.78 is 1.94. The van der Waals surface area contributed by atoms with Crippen molar-refractivity contribution in [3.63, 3.8) is 0 Å². The van der Waals surface area contributed by atoms with Crippen LogP contribution in [0.25, 0.3) is 0 Å². The number of aryl methyl sites for hydroxylation is 1. The molecule has 2 heterocycles. The van der Waals surface area contributed by atoms with Crippen molar-refractivity contribution in [2.75, 3.05) is 25.0 Å². The summed E-state index contributed by atoms with van der Waals surface area (Å²) in [4.78, 5) is 30.3. The number of rotatable bonds is 3. The minimum absolute atomic E-state index is 0.0288. The first kappa shape index (κ1) is 16.2. The Bertz CT molecular complexity index is 738. The molecule has 3 rings (SSSR count). The number of amides is 2. The third-order valence-electron chi connectivity index (χ3n) is 4.11. The Labute approximate surface area is 140 Å². The molecule has 0 radical (unpaired) electrons. The van der Waals surface area contributed by atoms with Crippen molar-refractivity contribution in [3.05, 3.63) is 48.0 Å². The Hall–Kier alpha value is -2.67. The zero-order valence-corrected chi connectivity index (χ0v) is 13.8. The van der Waals surface area contributed by atoms with Crippen molar-refractivity contribution in [3.8, 4) is 0 Å². The zero-order valence-electron chi connectivity index (χ0n) is 13.8. The van der Waals surface area contributed by atoms with Gasteiger partial charge >= 0.3 is 0 Å². The average molecular weight is 327 g/mol. The summed E-state index contributed by atoms with van der Waals surface area (Å²) in [6.07, 6.45) is 3.63. The molecule has 0 saturated carbocycles. The van der Waals surface area contributed by atoms with Crippen molar-refractivity contribution in [1.82, 2.24) is 19.8 Å². The molecule has 2 amide bonds. The molecule has 0 spiro atoms. The van der Waals surface area contributed by atoms with Crippen LogP contribution >= 0.6 is 0 Å². The Balaban J connectivity index is 1.81. The number of hydrogen-bond donors (Lipinski definition) is 2. The Morgan fingerprint density at radius 1 is 1.29 bits per heavy atom. The summed E-state index contributed by atoms with van der Waals surface area (Å²) >= 11 is 0. The average Bonchev–Trinajstić information content (AvgIpc) is 3.00. The molecule has 1 saturated heterocycles. The number of nitrogens with one attached hydrogen (secondary N) is 2. The summed E-state index contributed by atoms with van der Waals surface area (Å²) in [6, 6.07) is 6.87. The molecule has 7 nitrogen and oxygen atoms in total. The minimum Gasteiger partial charge on any atom is -0.336 e. The fraction of sp³-hybridized carbons (Fsp3) is 0.353. The van der Waals surface area contributed by atoms with Gasteiger partial charge in [0.25, 0.3) is 5.91 Å². The van der Waals surface area contributed by atoms with Gasteiger partial charge in [-0.15, -0.1) is 0 Å². The van der Waals surface area contributed by atoms with Gasteiger partial charge in [0.1, 0.15) is 11.9 Å². The number of aromatic nitrogens is 2. The molecule has 0 aliphatic carbocycles. The maximum Gasteiger partial charge on any atom is 0.254 e. The molecule has 24 heavy (non-hydrogen) atoms. The third kappa shape index (κ3) is 3.30. The van der Waals surface area contributed by atoms with E-state index in [1.54, 1.807) is 30.5 Å². The smallest absolute Gasteiger partial charge is 0.254 e. The third-order valence-corrected chi connectivity index (χ3v) is 4.11. The van der Waals surface area contributed by atoms with Crippen molar-refractivity contribution in [2.45, 2.75) is 13.0 Å². The van der Waals surface area contributed by atoms with Crippen molar-refractivity contribution in [2.24, 2.45) is 7.05 Å². The Morgan fingerprint density at radius 2 is 2.04 bits per heavy atom. The van der Waals surface area contributed by atoms with E-state index in [4.69, 9.17) is 0 Å². The lowest BCUT2D eigenvalue weighted by Gasteiger charge is -2.35. The van der Waals surface area contributed by atoms with Crippen molar-refractivity contribution in [1.29, 1.82) is 0 Å². The van der Waals surface area contributed by atoms with E-state index in [0.29, 0.717) is 24.3 Å². The van der Waals surface area contributed by atoms with Crippen LogP contribution < -0.4 is 10.6 Å². The van der Waals surface area contributed by atoms with Crippen molar-refractivity contribution < 1.29 is 9.59 Å². The molecule has 1 fully saturated rings. The van der Waals surface area contributed by atoms with Crippen LogP contribution in [0.3, 0.4) is 0 Å². The molecule has 126 valence electrons. The number of carbonyl (C=O) groups excluding carboxylic acids is 2. The van der Waals surface area contributed by atoms with Gasteiger partial charge in [0, 0.05) is 57.3 Å². The SMILES string of the molecule is CC(=O)Nc1ccc(C(=O)N2CCNCC2c2nccn2C)cc1. The highest BCUT2D eigenvalue weighted by molar-refractivity contribution is 5.95. The van der Waals surface area contributed by atoms with E-state index in [1.807, 2.05) is 22.7 Å². The van der Waals surface area contributed by atoms with Gasteiger partial charge < -0.3 is 20.1 Å². The second-order valence-corrected chi connectivity index (χ2v) is 5.87. The number of nitrogens with zero attached hydrogens (tertiary/aromatic N) is 3. The van der Waals surface area contributed by atoms with Gasteiger partial charge in [-0.2, -0.15) is 0 Å². The van der Waals surface area contributed by atoms with E-state index in [0.717, 1.165) is 12.4 Å². The monoisotopic (exact) mass is 327 g/mol. The summed E-state index contributed by atoms with van der Waals surface area (Å²) in [5.74, 6) is 0.704. The van der Waals surface area contributed by atoms with Gasteiger partial charge in [-0.3, -0.25) is 9.59 Å². The van der Waals surface area contributed by atoms with Crippen LogP contribution in [0, 0.1) is 0 Å². The van der Waals surface area contributed by atoms with Crippen LogP contribution in [0.1, 0.15) is 29.1 Å². The number of hydrogen-bond acceptors (Lipinski definition) is 4. The van der Waals surface area contributed by atoms with Crippen molar-refractivity contribution >= 4 is 17.5 Å². The summed E-state index contributed by atoms with van der Waals surface area (Å²) in [7, 11) is 1.93. The van der Waals surface area contributed by atoms with Crippen LogP contribution in [0.4, 0.5) is 5.69 Å². The van der Waals surface area contributed by atoms with E-state index in [2.05, 4.69) is 15.6 Å². The predicted octanol–water partition coefficient (Wildman–Crippen LogP) is 1.17. The summed E-state index contributed by atoms with van der Waals surface area (Å²) in [5.41, 5.74) is 1.28. The summed E-state index contributed by atoms with van der Waals surface area (Å²) in [6.45, 7) is 3.53. The topological polar surface area (TPSA) is 79.3 Å². The second-order valence-electron chi connectivity index (χ2n) is 5.87. The van der Waals surface area contributed by atoms with E-state index >= 15 is 0 Å². The van der Waals surface area contributed by atoms with E-state index in [1.165, 1.54) is 6.92 Å². The van der Waals surface area contributed by atoms with E-state index in [9.17, 15) is 9.59 Å². The van der Waals surface area contributed by atoms with Gasteiger partial charge in [0.05, 0.1) is 0 Å². The van der Waals surface area contributed by atoms with Gasteiger partial charge in [0.15, 0.2) is 0 Å². The van der Waals surface area contributed by atoms with Gasteiger partial charge in [-0.25, -0.2) is 4.98 Å². The molecular weight excluding hydrogens is 306 g/mol. The highest BCUT2D eigenvalue weighted by Gasteiger charge is 2.30. The number of imidazole rings is 1. The minimum atomic E-state index is -0.133. The van der Waals surface area contributed by atoms with E-state index < -0.39 is 0 Å². The van der Waals surface area contributed by atoms with Crippen LogP contribution in [-0.2, 0) is 11.8 Å². The van der Waals surface area contributed by atoms with Gasteiger partial charge in [-0.1, -0.05) is 0 Å². The second kappa shape index (κ2) is 6.84. The fourth-order valence-electron chi connectivity index (χ4n) is 2.94.